The molecule has 0 atom stereocenters. The van der Waals surface area contributed by atoms with Crippen molar-refractivity contribution in [2.45, 2.75) is 13.3 Å². The van der Waals surface area contributed by atoms with Crippen LogP contribution in [0.5, 0.6) is 5.75 Å². The number of benzene rings is 1. The first kappa shape index (κ1) is 11.4. The number of hydrogen-bond acceptors (Lipinski definition) is 1. The molecule has 0 bridgehead atoms. The fourth-order valence-electron chi connectivity index (χ4n) is 1.04. The molecular weight excluding hydrogens is 263 g/mol. The van der Waals surface area contributed by atoms with Crippen molar-refractivity contribution in [2.75, 3.05) is 5.33 Å². The highest BCUT2D eigenvalue weighted by Gasteiger charge is 2.03. The molecule has 0 spiro atoms. The fourth-order valence-corrected chi connectivity index (χ4v) is 1.51. The molecule has 3 heteroatoms. The Morgan fingerprint density at radius 3 is 2.86 bits per heavy atom. The summed E-state index contributed by atoms with van der Waals surface area (Å²) in [6.07, 6.45) is 0.755. The maximum atomic E-state index is 9.65. The zero-order chi connectivity index (χ0) is 10.6. The number of halogens is 2. The lowest BCUT2D eigenvalue weighted by Gasteiger charge is -2.01. The van der Waals surface area contributed by atoms with Gasteiger partial charge in [-0.1, -0.05) is 39.4 Å². The van der Waals surface area contributed by atoms with Crippen LogP contribution in [0.3, 0.4) is 0 Å². The third-order valence-electron chi connectivity index (χ3n) is 1.71. The van der Waals surface area contributed by atoms with Crippen molar-refractivity contribution in [2.24, 2.45) is 0 Å². The summed E-state index contributed by atoms with van der Waals surface area (Å²) in [5, 5.41) is 11.1. The van der Waals surface area contributed by atoms with Crippen LogP contribution in [-0.4, -0.2) is 10.4 Å². The van der Waals surface area contributed by atoms with E-state index in [9.17, 15) is 5.11 Å². The highest BCUT2D eigenvalue weighted by molar-refractivity contribution is 9.09. The molecule has 0 amide bonds. The lowest BCUT2D eigenvalue weighted by molar-refractivity contribution is 0.469. The van der Waals surface area contributed by atoms with E-state index in [1.807, 2.05) is 0 Å². The molecule has 74 valence electrons. The van der Waals surface area contributed by atoms with Gasteiger partial charge in [-0.25, -0.2) is 0 Å². The number of phenols is 1. The molecular formula is C11H10BrClO. The van der Waals surface area contributed by atoms with E-state index in [1.54, 1.807) is 19.1 Å². The van der Waals surface area contributed by atoms with Crippen LogP contribution in [0.15, 0.2) is 12.1 Å². The van der Waals surface area contributed by atoms with Crippen molar-refractivity contribution < 1.29 is 5.11 Å². The molecule has 0 saturated heterocycles. The van der Waals surface area contributed by atoms with Crippen LogP contribution >= 0.6 is 27.5 Å². The third-order valence-corrected chi connectivity index (χ3v) is 2.32. The number of rotatable bonds is 1. The molecule has 0 aliphatic heterocycles. The average molecular weight is 274 g/mol. The van der Waals surface area contributed by atoms with Gasteiger partial charge >= 0.3 is 0 Å². The minimum absolute atomic E-state index is 0.219. The average Bonchev–Trinajstić information content (AvgIpc) is 2.13. The van der Waals surface area contributed by atoms with E-state index >= 15 is 0 Å². The Hall–Kier alpha value is -0.650. The van der Waals surface area contributed by atoms with Gasteiger partial charge in [-0.2, -0.15) is 0 Å². The minimum atomic E-state index is 0.219. The van der Waals surface area contributed by atoms with Crippen LogP contribution in [0.2, 0.25) is 5.02 Å². The molecule has 1 aromatic rings. The van der Waals surface area contributed by atoms with E-state index < -0.39 is 0 Å². The lowest BCUT2D eigenvalue weighted by Crippen LogP contribution is -1.82. The summed E-state index contributed by atoms with van der Waals surface area (Å²) in [5.41, 5.74) is 1.34. The maximum Gasteiger partial charge on any atom is 0.134 e. The summed E-state index contributed by atoms with van der Waals surface area (Å²) < 4.78 is 0. The molecule has 0 saturated carbocycles. The standard InChI is InChI=1S/C11H10BrClO/c1-8-6-10(13)7-9(11(8)14)4-2-3-5-12/h6-7,14H,3,5H2,1H3. The number of hydrogen-bond donors (Lipinski definition) is 1. The Balaban J connectivity index is 3.04. The molecule has 0 heterocycles. The number of aromatic hydroxyl groups is 1. The van der Waals surface area contributed by atoms with Gasteiger partial charge in [-0.05, 0) is 24.6 Å². The van der Waals surface area contributed by atoms with Gasteiger partial charge in [0.1, 0.15) is 5.75 Å². The summed E-state index contributed by atoms with van der Waals surface area (Å²) in [6.45, 7) is 1.80. The second kappa shape index (κ2) is 5.29. The van der Waals surface area contributed by atoms with E-state index in [2.05, 4.69) is 27.8 Å². The van der Waals surface area contributed by atoms with Gasteiger partial charge in [0.25, 0.3) is 0 Å². The maximum absolute atomic E-state index is 9.65. The first-order valence-electron chi connectivity index (χ1n) is 4.19. The molecule has 0 unspecified atom stereocenters. The van der Waals surface area contributed by atoms with Gasteiger partial charge in [0.2, 0.25) is 0 Å². The lowest BCUT2D eigenvalue weighted by atomic mass is 10.1. The van der Waals surface area contributed by atoms with Crippen molar-refractivity contribution in [1.29, 1.82) is 0 Å². The van der Waals surface area contributed by atoms with E-state index in [1.165, 1.54) is 0 Å². The van der Waals surface area contributed by atoms with Gasteiger partial charge in [-0.3, -0.25) is 0 Å². The Labute approximate surface area is 97.2 Å². The van der Waals surface area contributed by atoms with Gasteiger partial charge < -0.3 is 5.11 Å². The molecule has 1 rings (SSSR count). The van der Waals surface area contributed by atoms with Crippen molar-refractivity contribution in [3.8, 4) is 17.6 Å². The molecule has 1 nitrogen and oxygen atoms in total. The first-order valence-corrected chi connectivity index (χ1v) is 5.69. The second-order valence-corrected chi connectivity index (χ2v) is 4.09. The first-order chi connectivity index (χ1) is 6.65. The third kappa shape index (κ3) is 2.94. The van der Waals surface area contributed by atoms with E-state index in [0.717, 1.165) is 17.3 Å². The van der Waals surface area contributed by atoms with E-state index in [-0.39, 0.29) is 5.75 Å². The van der Waals surface area contributed by atoms with Gasteiger partial charge in [-0.15, -0.1) is 0 Å². The van der Waals surface area contributed by atoms with Crippen molar-refractivity contribution in [3.05, 3.63) is 28.3 Å². The topological polar surface area (TPSA) is 20.2 Å². The number of alkyl halides is 1. The van der Waals surface area contributed by atoms with Crippen LogP contribution in [0.25, 0.3) is 0 Å². The second-order valence-electron chi connectivity index (χ2n) is 2.86. The van der Waals surface area contributed by atoms with Gasteiger partial charge in [0.15, 0.2) is 0 Å². The molecule has 14 heavy (non-hydrogen) atoms. The molecule has 1 N–H and O–H groups in total. The largest absolute Gasteiger partial charge is 0.506 e. The molecule has 0 aliphatic carbocycles. The Morgan fingerprint density at radius 2 is 2.21 bits per heavy atom. The SMILES string of the molecule is Cc1cc(Cl)cc(C#CCCBr)c1O. The van der Waals surface area contributed by atoms with Crippen molar-refractivity contribution in [3.63, 3.8) is 0 Å². The fraction of sp³-hybridized carbons (Fsp3) is 0.273. The van der Waals surface area contributed by atoms with E-state index in [4.69, 9.17) is 11.6 Å². The zero-order valence-electron chi connectivity index (χ0n) is 7.77. The molecule has 0 aromatic heterocycles. The summed E-state index contributed by atoms with van der Waals surface area (Å²) in [4.78, 5) is 0. The van der Waals surface area contributed by atoms with Crippen LogP contribution in [0, 0.1) is 18.8 Å². The zero-order valence-corrected chi connectivity index (χ0v) is 10.1. The van der Waals surface area contributed by atoms with Crippen LogP contribution in [0.4, 0.5) is 0 Å². The monoisotopic (exact) mass is 272 g/mol. The van der Waals surface area contributed by atoms with E-state index in [0.29, 0.717) is 10.6 Å². The predicted octanol–water partition coefficient (Wildman–Crippen LogP) is 3.49. The summed E-state index contributed by atoms with van der Waals surface area (Å²) in [6, 6.07) is 3.39. The smallest absolute Gasteiger partial charge is 0.134 e. The van der Waals surface area contributed by atoms with Crippen molar-refractivity contribution >= 4 is 27.5 Å². The molecule has 0 aliphatic rings. The predicted molar refractivity (Wildman–Crippen MR) is 63.1 cm³/mol. The minimum Gasteiger partial charge on any atom is -0.506 e. The Bertz CT molecular complexity index is 390. The quantitative estimate of drug-likeness (QED) is 0.613. The summed E-state index contributed by atoms with van der Waals surface area (Å²) in [5.74, 6) is 6.03. The summed E-state index contributed by atoms with van der Waals surface area (Å²) >= 11 is 9.13. The van der Waals surface area contributed by atoms with Gasteiger partial charge in [0.05, 0.1) is 5.56 Å². The highest BCUT2D eigenvalue weighted by atomic mass is 79.9. The van der Waals surface area contributed by atoms with Crippen molar-refractivity contribution in [1.82, 2.24) is 0 Å². The Morgan fingerprint density at radius 1 is 1.50 bits per heavy atom. The summed E-state index contributed by atoms with van der Waals surface area (Å²) in [7, 11) is 0. The molecule has 0 radical (unpaired) electrons. The molecule has 1 aromatic carbocycles. The number of phenolic OH excluding ortho intramolecular Hbond substituents is 1. The van der Waals surface area contributed by atoms with Crippen LogP contribution < -0.4 is 0 Å². The van der Waals surface area contributed by atoms with Crippen LogP contribution in [0.1, 0.15) is 17.5 Å². The van der Waals surface area contributed by atoms with Crippen LogP contribution in [-0.2, 0) is 0 Å². The number of aryl methyl sites for hydroxylation is 1. The molecule has 0 fully saturated rings. The normalized spacial score (nSPS) is 9.36. The van der Waals surface area contributed by atoms with Gasteiger partial charge in [0, 0.05) is 16.8 Å². The highest BCUT2D eigenvalue weighted by Crippen LogP contribution is 2.25. The Kier molecular flexibility index (Phi) is 4.31.